The van der Waals surface area contributed by atoms with Crippen LogP contribution in [0.15, 0.2) is 0 Å². The molecule has 0 aliphatic carbocycles. The Hall–Kier alpha value is -2.34. The average molecular weight is 406 g/mol. The number of carboxylic acids is 2. The van der Waals surface area contributed by atoms with E-state index in [4.69, 9.17) is 21.7 Å². The van der Waals surface area contributed by atoms with Crippen LogP contribution < -0.4 is 22.1 Å². The number of rotatable bonds is 14. The number of nitrogens with two attached hydrogens (primary N) is 2. The maximum Gasteiger partial charge on any atom is 0.326 e. The largest absolute Gasteiger partial charge is 0.481 e. The van der Waals surface area contributed by atoms with Crippen molar-refractivity contribution in [2.24, 2.45) is 11.5 Å². The molecule has 0 aliphatic heterocycles. The quantitative estimate of drug-likeness (QED) is 0.193. The van der Waals surface area contributed by atoms with E-state index in [0.717, 1.165) is 0 Å². The van der Waals surface area contributed by atoms with Crippen molar-refractivity contribution >= 4 is 41.4 Å². The van der Waals surface area contributed by atoms with Crippen molar-refractivity contribution in [3.8, 4) is 0 Å². The van der Waals surface area contributed by atoms with E-state index >= 15 is 0 Å². The second-order valence-corrected chi connectivity index (χ2v) is 6.77. The maximum absolute atomic E-state index is 12.4. The third-order valence-corrected chi connectivity index (χ3v) is 4.19. The summed E-state index contributed by atoms with van der Waals surface area (Å²) < 4.78 is 0. The first kappa shape index (κ1) is 24.7. The summed E-state index contributed by atoms with van der Waals surface area (Å²) in [5, 5.41) is 22.3. The number of carbonyl (C=O) groups excluding carboxylic acids is 3. The Kier molecular flexibility index (Phi) is 11.8. The predicted molar refractivity (Wildman–Crippen MR) is 97.8 cm³/mol. The molecule has 12 heteroatoms. The molecule has 0 bridgehead atoms. The maximum atomic E-state index is 12.4. The van der Waals surface area contributed by atoms with Crippen LogP contribution >= 0.6 is 11.8 Å². The van der Waals surface area contributed by atoms with Gasteiger partial charge in [0, 0.05) is 12.8 Å². The van der Waals surface area contributed by atoms with E-state index in [0.29, 0.717) is 12.2 Å². The van der Waals surface area contributed by atoms with Gasteiger partial charge in [-0.3, -0.25) is 19.2 Å². The lowest BCUT2D eigenvalue weighted by Gasteiger charge is -2.22. The van der Waals surface area contributed by atoms with Crippen molar-refractivity contribution in [1.29, 1.82) is 0 Å². The highest BCUT2D eigenvalue weighted by atomic mass is 32.2. The number of hydrogen-bond donors (Lipinski definition) is 6. The number of hydrogen-bond acceptors (Lipinski definition) is 7. The highest BCUT2D eigenvalue weighted by molar-refractivity contribution is 7.98. The Morgan fingerprint density at radius 1 is 0.926 bits per heavy atom. The molecule has 0 fully saturated rings. The molecule has 11 nitrogen and oxygen atoms in total. The summed E-state index contributed by atoms with van der Waals surface area (Å²) in [4.78, 5) is 57.2. The normalized spacial score (nSPS) is 13.9. The molecule has 3 amide bonds. The zero-order chi connectivity index (χ0) is 21.0. The van der Waals surface area contributed by atoms with Crippen LogP contribution in [-0.2, 0) is 24.0 Å². The number of nitrogens with one attached hydrogen (secondary N) is 2. The van der Waals surface area contributed by atoms with Crippen LogP contribution in [0, 0.1) is 0 Å². The molecule has 0 heterocycles. The molecule has 0 aromatic rings. The molecule has 3 atom stereocenters. The Morgan fingerprint density at radius 2 is 1.48 bits per heavy atom. The van der Waals surface area contributed by atoms with Gasteiger partial charge in [-0.05, 0) is 31.3 Å². The molecule has 8 N–H and O–H groups in total. The van der Waals surface area contributed by atoms with Crippen LogP contribution in [0.25, 0.3) is 0 Å². The topological polar surface area (TPSA) is 202 Å². The number of amides is 3. The molecular formula is C15H26N4O7S. The van der Waals surface area contributed by atoms with Crippen LogP contribution in [-0.4, -0.2) is 70.0 Å². The van der Waals surface area contributed by atoms with Crippen LogP contribution in [0.2, 0.25) is 0 Å². The fourth-order valence-corrected chi connectivity index (χ4v) is 2.50. The first-order chi connectivity index (χ1) is 12.6. The smallest absolute Gasteiger partial charge is 0.326 e. The van der Waals surface area contributed by atoms with Gasteiger partial charge in [-0.15, -0.1) is 0 Å². The summed E-state index contributed by atoms with van der Waals surface area (Å²) in [5.74, 6) is -4.18. The number of carboxylic acid groups (broad SMARTS) is 2. The first-order valence-corrected chi connectivity index (χ1v) is 9.56. The average Bonchev–Trinajstić information content (AvgIpc) is 2.58. The lowest BCUT2D eigenvalue weighted by Crippen LogP contribution is -2.54. The molecule has 0 aromatic heterocycles. The third kappa shape index (κ3) is 11.1. The van der Waals surface area contributed by atoms with Crippen molar-refractivity contribution in [2.75, 3.05) is 12.0 Å². The fourth-order valence-electron chi connectivity index (χ4n) is 2.01. The van der Waals surface area contributed by atoms with Crippen LogP contribution in [0.1, 0.15) is 32.1 Å². The molecule has 0 saturated carbocycles. The van der Waals surface area contributed by atoms with Gasteiger partial charge >= 0.3 is 11.9 Å². The molecular weight excluding hydrogens is 380 g/mol. The van der Waals surface area contributed by atoms with Gasteiger partial charge in [-0.2, -0.15) is 11.8 Å². The monoisotopic (exact) mass is 406 g/mol. The summed E-state index contributed by atoms with van der Waals surface area (Å²) in [6, 6.07) is -3.55. The predicted octanol–water partition coefficient (Wildman–Crippen LogP) is -1.75. The van der Waals surface area contributed by atoms with Gasteiger partial charge in [-0.1, -0.05) is 0 Å². The second kappa shape index (κ2) is 12.9. The van der Waals surface area contributed by atoms with Gasteiger partial charge in [0.1, 0.15) is 12.1 Å². The van der Waals surface area contributed by atoms with Crippen molar-refractivity contribution in [2.45, 2.75) is 50.2 Å². The molecule has 154 valence electrons. The summed E-state index contributed by atoms with van der Waals surface area (Å²) in [7, 11) is 0. The SMILES string of the molecule is CSCCC(N)C(=O)NC(CCC(N)=O)C(=O)NC(CCC(=O)O)C(=O)O. The molecule has 27 heavy (non-hydrogen) atoms. The number of aliphatic carboxylic acids is 2. The van der Waals surface area contributed by atoms with Crippen molar-refractivity contribution in [3.05, 3.63) is 0 Å². The van der Waals surface area contributed by atoms with Gasteiger partial charge < -0.3 is 32.3 Å². The van der Waals surface area contributed by atoms with Gasteiger partial charge in [-0.25, -0.2) is 4.79 Å². The lowest BCUT2D eigenvalue weighted by atomic mass is 10.1. The van der Waals surface area contributed by atoms with E-state index in [1.807, 2.05) is 6.26 Å². The standard InChI is InChI=1S/C15H26N4O7S/c1-27-7-6-8(16)13(23)18-9(2-4-11(17)20)14(24)19-10(15(25)26)3-5-12(21)22/h8-10H,2-7,16H2,1H3,(H2,17,20)(H,18,23)(H,19,24)(H,21,22)(H,25,26). The summed E-state index contributed by atoms with van der Waals surface area (Å²) >= 11 is 1.49. The Bertz CT molecular complexity index is 558. The first-order valence-electron chi connectivity index (χ1n) is 8.16. The Morgan fingerprint density at radius 3 is 1.96 bits per heavy atom. The third-order valence-electron chi connectivity index (χ3n) is 3.54. The van der Waals surface area contributed by atoms with Gasteiger partial charge in [0.15, 0.2) is 0 Å². The zero-order valence-electron chi connectivity index (χ0n) is 15.0. The minimum absolute atomic E-state index is 0.145. The summed E-state index contributed by atoms with van der Waals surface area (Å²) in [6.45, 7) is 0. The minimum Gasteiger partial charge on any atom is -0.481 e. The van der Waals surface area contributed by atoms with E-state index in [2.05, 4.69) is 10.6 Å². The summed E-state index contributed by atoms with van der Waals surface area (Å²) in [5.41, 5.74) is 10.8. The van der Waals surface area contributed by atoms with Crippen molar-refractivity contribution in [3.63, 3.8) is 0 Å². The van der Waals surface area contributed by atoms with Crippen molar-refractivity contribution in [1.82, 2.24) is 10.6 Å². The van der Waals surface area contributed by atoms with Gasteiger partial charge in [0.25, 0.3) is 0 Å². The Labute approximate surface area is 160 Å². The lowest BCUT2D eigenvalue weighted by molar-refractivity contribution is -0.143. The zero-order valence-corrected chi connectivity index (χ0v) is 15.8. The molecule has 0 aromatic carbocycles. The molecule has 0 saturated heterocycles. The number of thioether (sulfide) groups is 1. The van der Waals surface area contributed by atoms with Gasteiger partial charge in [0.05, 0.1) is 6.04 Å². The minimum atomic E-state index is -1.45. The van der Waals surface area contributed by atoms with Crippen LogP contribution in [0.3, 0.4) is 0 Å². The van der Waals surface area contributed by atoms with Crippen LogP contribution in [0.4, 0.5) is 0 Å². The highest BCUT2D eigenvalue weighted by Crippen LogP contribution is 2.04. The van der Waals surface area contributed by atoms with Gasteiger partial charge in [0.2, 0.25) is 17.7 Å². The fraction of sp³-hybridized carbons (Fsp3) is 0.667. The molecule has 0 radical (unpaired) electrons. The van der Waals surface area contributed by atoms with Crippen molar-refractivity contribution < 1.29 is 34.2 Å². The van der Waals surface area contributed by atoms with Crippen LogP contribution in [0.5, 0.6) is 0 Å². The molecule has 0 rings (SSSR count). The Balaban J connectivity index is 5.04. The van der Waals surface area contributed by atoms with E-state index in [9.17, 15) is 24.0 Å². The number of carbonyl (C=O) groups is 5. The highest BCUT2D eigenvalue weighted by Gasteiger charge is 2.28. The van der Waals surface area contributed by atoms with E-state index in [1.54, 1.807) is 0 Å². The van der Waals surface area contributed by atoms with E-state index in [-0.39, 0.29) is 19.3 Å². The summed E-state index contributed by atoms with van der Waals surface area (Å²) in [6.07, 6.45) is 1.05. The van der Waals surface area contributed by atoms with E-state index < -0.39 is 54.2 Å². The molecule has 0 aliphatic rings. The van der Waals surface area contributed by atoms with E-state index in [1.165, 1.54) is 11.8 Å². The second-order valence-electron chi connectivity index (χ2n) is 5.79. The number of primary amides is 1. The molecule has 0 spiro atoms. The molecule has 3 unspecified atom stereocenters.